The summed E-state index contributed by atoms with van der Waals surface area (Å²) in [4.78, 5) is 47.9. The Labute approximate surface area is 314 Å². The summed E-state index contributed by atoms with van der Waals surface area (Å²) in [6, 6.07) is 11.5. The number of carbonyl (C=O) groups is 3. The average Bonchev–Trinajstić information content (AvgIpc) is 3.37. The molecule has 1 aliphatic carbocycles. The molecule has 12 heteroatoms. The number of nitrogens with zero attached hydrogens (tertiary/aromatic N) is 4. The van der Waals surface area contributed by atoms with E-state index in [1.54, 1.807) is 33.9 Å². The van der Waals surface area contributed by atoms with Gasteiger partial charge in [-0.25, -0.2) is 13.1 Å². The zero-order valence-corrected chi connectivity index (χ0v) is 33.1. The van der Waals surface area contributed by atoms with E-state index in [2.05, 4.69) is 52.1 Å². The number of amides is 3. The molecule has 3 aliphatic heterocycles. The summed E-state index contributed by atoms with van der Waals surface area (Å²) in [7, 11) is -0.0853. The fourth-order valence-electron chi connectivity index (χ4n) is 9.79. The SMILES string of the molecule is COc1ccc2c(c1)C(C)C(C)(C(=O)N1C3CN(C)CC1CN(C(C)=O)C3)Cn1c-2c(C2CCCCC2)c2ccc(C(=O)NS(=O)(=O)CC(C)C)cc21. The smallest absolute Gasteiger partial charge is 0.264 e. The summed E-state index contributed by atoms with van der Waals surface area (Å²) in [6.45, 7) is 12.2. The first kappa shape index (κ1) is 37.4. The van der Waals surface area contributed by atoms with Crippen LogP contribution in [0.15, 0.2) is 36.4 Å². The Hall–Kier alpha value is -3.90. The zero-order chi connectivity index (χ0) is 38.0. The fraction of sp³-hybridized carbons (Fsp3) is 0.585. The lowest BCUT2D eigenvalue weighted by atomic mass is 9.71. The minimum atomic E-state index is -3.83. The second-order valence-corrected chi connectivity index (χ2v) is 18.5. The van der Waals surface area contributed by atoms with Crippen LogP contribution in [0, 0.1) is 11.3 Å². The normalized spacial score (nSPS) is 25.2. The summed E-state index contributed by atoms with van der Waals surface area (Å²) in [6.07, 6.45) is 5.57. The van der Waals surface area contributed by atoms with Gasteiger partial charge in [-0.2, -0.15) is 0 Å². The second kappa shape index (κ2) is 14.1. The van der Waals surface area contributed by atoms with Gasteiger partial charge >= 0.3 is 0 Å². The van der Waals surface area contributed by atoms with Crippen LogP contribution in [0.2, 0.25) is 0 Å². The van der Waals surface area contributed by atoms with E-state index in [-0.39, 0.29) is 47.1 Å². The molecule has 2 bridgehead atoms. The van der Waals surface area contributed by atoms with Crippen molar-refractivity contribution < 1.29 is 27.5 Å². The Bertz CT molecular complexity index is 2040. The molecule has 4 aliphatic rings. The van der Waals surface area contributed by atoms with Crippen LogP contribution < -0.4 is 9.46 Å². The van der Waals surface area contributed by atoms with Crippen LogP contribution in [0.1, 0.15) is 100 Å². The minimum Gasteiger partial charge on any atom is -0.497 e. The number of hydrogen-bond donors (Lipinski definition) is 1. The number of likely N-dealkylation sites (N-methyl/N-ethyl adjacent to an activating group) is 1. The van der Waals surface area contributed by atoms with Crippen molar-refractivity contribution in [2.24, 2.45) is 11.3 Å². The molecular weight excluding hydrogens is 691 g/mol. The van der Waals surface area contributed by atoms with E-state index >= 15 is 4.79 Å². The molecule has 1 N–H and O–H groups in total. The number of nitrogens with one attached hydrogen (secondary N) is 1. The molecule has 0 radical (unpaired) electrons. The maximum Gasteiger partial charge on any atom is 0.264 e. The van der Waals surface area contributed by atoms with E-state index in [4.69, 9.17) is 4.74 Å². The molecule has 3 fully saturated rings. The first-order valence-corrected chi connectivity index (χ1v) is 20.9. The Morgan fingerprint density at radius 3 is 2.28 bits per heavy atom. The summed E-state index contributed by atoms with van der Waals surface area (Å²) in [5.41, 5.74) is 4.57. The summed E-state index contributed by atoms with van der Waals surface area (Å²) in [5, 5.41) is 1.04. The largest absolute Gasteiger partial charge is 0.497 e. The van der Waals surface area contributed by atoms with Crippen LogP contribution in [0.3, 0.4) is 0 Å². The highest BCUT2D eigenvalue weighted by Crippen LogP contribution is 2.53. The fourth-order valence-corrected chi connectivity index (χ4v) is 11.1. The monoisotopic (exact) mass is 745 g/mol. The molecule has 2 aromatic carbocycles. The molecule has 1 aromatic heterocycles. The quantitative estimate of drug-likeness (QED) is 0.336. The Morgan fingerprint density at radius 1 is 0.981 bits per heavy atom. The van der Waals surface area contributed by atoms with E-state index in [1.165, 1.54) is 12.0 Å². The lowest BCUT2D eigenvalue weighted by Crippen LogP contribution is -2.71. The topological polar surface area (TPSA) is 121 Å². The number of ether oxygens (including phenoxy) is 1. The van der Waals surface area contributed by atoms with Crippen molar-refractivity contribution in [3.05, 3.63) is 53.1 Å². The minimum absolute atomic E-state index is 0.0299. The van der Waals surface area contributed by atoms with Gasteiger partial charge in [0.1, 0.15) is 5.75 Å². The third-order valence-electron chi connectivity index (χ3n) is 12.5. The van der Waals surface area contributed by atoms with Gasteiger partial charge in [-0.3, -0.25) is 14.4 Å². The molecule has 2 saturated heterocycles. The van der Waals surface area contributed by atoms with Crippen LogP contribution in [0.4, 0.5) is 0 Å². The predicted octanol–water partition coefficient (Wildman–Crippen LogP) is 5.58. The van der Waals surface area contributed by atoms with Crippen molar-refractivity contribution in [3.8, 4) is 17.0 Å². The highest BCUT2D eigenvalue weighted by atomic mass is 32.2. The van der Waals surface area contributed by atoms with E-state index < -0.39 is 21.3 Å². The molecule has 0 spiro atoms. The number of piperazine rings is 2. The van der Waals surface area contributed by atoms with Crippen molar-refractivity contribution in [1.82, 2.24) is 24.0 Å². The predicted molar refractivity (Wildman–Crippen MR) is 207 cm³/mol. The second-order valence-electron chi connectivity index (χ2n) is 16.8. The lowest BCUT2D eigenvalue weighted by Gasteiger charge is -2.54. The molecule has 4 atom stereocenters. The van der Waals surface area contributed by atoms with Crippen molar-refractivity contribution >= 4 is 38.6 Å². The molecule has 286 valence electrons. The van der Waals surface area contributed by atoms with Crippen LogP contribution in [-0.4, -0.2) is 104 Å². The molecule has 11 nitrogen and oxygen atoms in total. The van der Waals surface area contributed by atoms with E-state index in [0.29, 0.717) is 38.6 Å². The average molecular weight is 746 g/mol. The van der Waals surface area contributed by atoms with Gasteiger partial charge in [-0.1, -0.05) is 46.1 Å². The molecular formula is C41H55N5O6S. The molecule has 1 saturated carbocycles. The Balaban J connectivity index is 1.42. The van der Waals surface area contributed by atoms with E-state index in [1.807, 2.05) is 23.1 Å². The van der Waals surface area contributed by atoms with Gasteiger partial charge in [0.15, 0.2) is 0 Å². The van der Waals surface area contributed by atoms with Crippen molar-refractivity contribution in [3.63, 3.8) is 0 Å². The molecule has 4 unspecified atom stereocenters. The van der Waals surface area contributed by atoms with E-state index in [9.17, 15) is 18.0 Å². The molecule has 4 heterocycles. The van der Waals surface area contributed by atoms with Crippen LogP contribution in [-0.2, 0) is 26.2 Å². The third kappa shape index (κ3) is 6.75. The molecule has 7 rings (SSSR count). The number of sulfonamides is 1. The summed E-state index contributed by atoms with van der Waals surface area (Å²) < 4.78 is 36.1. The highest BCUT2D eigenvalue weighted by Gasteiger charge is 2.52. The highest BCUT2D eigenvalue weighted by molar-refractivity contribution is 7.90. The lowest BCUT2D eigenvalue weighted by molar-refractivity contribution is -0.161. The molecule has 53 heavy (non-hydrogen) atoms. The van der Waals surface area contributed by atoms with Gasteiger partial charge in [0, 0.05) is 61.7 Å². The van der Waals surface area contributed by atoms with Gasteiger partial charge < -0.3 is 24.0 Å². The van der Waals surface area contributed by atoms with Gasteiger partial charge in [0.05, 0.1) is 36.1 Å². The summed E-state index contributed by atoms with van der Waals surface area (Å²) in [5.74, 6) is -0.0410. The number of carbonyl (C=O) groups excluding carboxylic acids is 3. The molecule has 3 amide bonds. The maximum absolute atomic E-state index is 15.5. The number of fused-ring (bicyclic) bond motifs is 7. The molecule has 3 aromatic rings. The van der Waals surface area contributed by atoms with Crippen LogP contribution in [0.25, 0.3) is 22.2 Å². The number of aromatic nitrogens is 1. The van der Waals surface area contributed by atoms with Crippen LogP contribution >= 0.6 is 0 Å². The van der Waals surface area contributed by atoms with Gasteiger partial charge in [-0.05, 0) is 86.0 Å². The Kier molecular flexibility index (Phi) is 9.93. The van der Waals surface area contributed by atoms with Gasteiger partial charge in [0.2, 0.25) is 21.8 Å². The first-order valence-electron chi connectivity index (χ1n) is 19.3. The number of hydrogen-bond acceptors (Lipinski definition) is 7. The standard InChI is InChI=1S/C41H55N5O6S/c1-25(2)23-53(50,51)42-39(48)29-13-15-34-36(17-29)45-24-41(5,40(49)46-30-19-43(6)20-31(46)22-44(21-30)27(4)47)26(3)35-18-32(52-7)14-16-33(35)38(45)37(34)28-11-9-8-10-12-28/h13-18,25-26,28,30-31H,8-12,19-24H2,1-7H3,(H,42,48). The Morgan fingerprint density at radius 2 is 1.66 bits per heavy atom. The van der Waals surface area contributed by atoms with Crippen molar-refractivity contribution in [2.75, 3.05) is 46.1 Å². The van der Waals surface area contributed by atoms with Crippen molar-refractivity contribution in [1.29, 1.82) is 0 Å². The van der Waals surface area contributed by atoms with Gasteiger partial charge in [0.25, 0.3) is 5.91 Å². The van der Waals surface area contributed by atoms with Gasteiger partial charge in [-0.15, -0.1) is 0 Å². The first-order chi connectivity index (χ1) is 25.1. The van der Waals surface area contributed by atoms with Crippen LogP contribution in [0.5, 0.6) is 5.75 Å². The van der Waals surface area contributed by atoms with Crippen molar-refractivity contribution in [2.45, 2.75) is 97.2 Å². The third-order valence-corrected chi connectivity index (χ3v) is 14.1. The summed E-state index contributed by atoms with van der Waals surface area (Å²) >= 11 is 0. The number of rotatable bonds is 7. The van der Waals surface area contributed by atoms with E-state index in [0.717, 1.165) is 59.2 Å². The number of benzene rings is 2. The number of methoxy groups -OCH3 is 1. The zero-order valence-electron chi connectivity index (χ0n) is 32.3. The maximum atomic E-state index is 15.5.